The fourth-order valence-electron chi connectivity index (χ4n) is 3.99. The Balaban J connectivity index is 1.32. The Morgan fingerprint density at radius 2 is 1.89 bits per heavy atom. The van der Waals surface area contributed by atoms with E-state index in [1.807, 2.05) is 78.4 Å². The molecule has 7 nitrogen and oxygen atoms in total. The van der Waals surface area contributed by atoms with Gasteiger partial charge >= 0.3 is 5.91 Å². The van der Waals surface area contributed by atoms with Crippen LogP contribution in [0.2, 0.25) is 0 Å². The molecule has 180 valence electrons. The number of anilines is 1. The molecule has 2 heterocycles. The largest absolute Gasteiger partial charge is 0.450 e. The summed E-state index contributed by atoms with van der Waals surface area (Å²) in [5.74, 6) is -0.455. The SMILES string of the molecule is Cc1cccc(NC(=O)Cn2cc(/C=N\NC(=O)c3cc4cc(Br)cc(Br)c4o3)c3ccccc32)c1. The number of aryl methyl sites for hydroxylation is 1. The Hall–Kier alpha value is -3.69. The zero-order valence-electron chi connectivity index (χ0n) is 19.1. The highest BCUT2D eigenvalue weighted by Crippen LogP contribution is 2.31. The molecule has 9 heteroatoms. The molecule has 0 bridgehead atoms. The maximum absolute atomic E-state index is 12.7. The quantitative estimate of drug-likeness (QED) is 0.168. The number of hydrazone groups is 1. The topological polar surface area (TPSA) is 88.6 Å². The third kappa shape index (κ3) is 5.12. The van der Waals surface area contributed by atoms with Gasteiger partial charge in [-0.15, -0.1) is 0 Å². The van der Waals surface area contributed by atoms with E-state index in [1.54, 1.807) is 12.3 Å². The van der Waals surface area contributed by atoms with Crippen molar-refractivity contribution < 1.29 is 14.0 Å². The molecule has 0 unspecified atom stereocenters. The maximum atomic E-state index is 12.7. The molecule has 0 aliphatic carbocycles. The summed E-state index contributed by atoms with van der Waals surface area (Å²) in [6.45, 7) is 2.11. The van der Waals surface area contributed by atoms with E-state index in [2.05, 4.69) is 47.7 Å². The third-order valence-corrected chi connectivity index (χ3v) is 6.61. The van der Waals surface area contributed by atoms with Gasteiger partial charge in [0.1, 0.15) is 12.1 Å². The van der Waals surface area contributed by atoms with Gasteiger partial charge in [0.2, 0.25) is 5.91 Å². The molecule has 5 rings (SSSR count). The lowest BCUT2D eigenvalue weighted by atomic mass is 10.2. The highest BCUT2D eigenvalue weighted by molar-refractivity contribution is 9.11. The lowest BCUT2D eigenvalue weighted by Gasteiger charge is -2.08. The number of furan rings is 1. The number of amides is 2. The van der Waals surface area contributed by atoms with Crippen LogP contribution < -0.4 is 10.7 Å². The van der Waals surface area contributed by atoms with Gasteiger partial charge in [0, 0.05) is 38.2 Å². The fraction of sp³-hybridized carbons (Fsp3) is 0.0741. The maximum Gasteiger partial charge on any atom is 0.307 e. The van der Waals surface area contributed by atoms with Crippen molar-refractivity contribution in [1.29, 1.82) is 0 Å². The summed E-state index contributed by atoms with van der Waals surface area (Å²) in [6.07, 6.45) is 3.40. The van der Waals surface area contributed by atoms with E-state index < -0.39 is 5.91 Å². The Bertz CT molecular complexity index is 1650. The van der Waals surface area contributed by atoms with Crippen LogP contribution in [-0.4, -0.2) is 22.6 Å². The molecule has 2 N–H and O–H groups in total. The molecular formula is C27H20Br2N4O3. The lowest BCUT2D eigenvalue weighted by molar-refractivity contribution is -0.116. The number of hydrogen-bond donors (Lipinski definition) is 2. The van der Waals surface area contributed by atoms with E-state index in [-0.39, 0.29) is 18.2 Å². The molecule has 0 spiro atoms. The molecule has 3 aromatic carbocycles. The van der Waals surface area contributed by atoms with E-state index in [4.69, 9.17) is 4.42 Å². The first-order valence-corrected chi connectivity index (χ1v) is 12.6. The van der Waals surface area contributed by atoms with Gasteiger partial charge in [-0.2, -0.15) is 5.10 Å². The Morgan fingerprint density at radius 3 is 2.72 bits per heavy atom. The minimum atomic E-state index is -0.466. The first-order valence-electron chi connectivity index (χ1n) is 11.0. The van der Waals surface area contributed by atoms with E-state index in [9.17, 15) is 9.59 Å². The molecule has 0 saturated carbocycles. The average Bonchev–Trinajstić information content (AvgIpc) is 3.41. The fourth-order valence-corrected chi connectivity index (χ4v) is 5.33. The summed E-state index contributed by atoms with van der Waals surface area (Å²) in [7, 11) is 0. The number of aromatic nitrogens is 1. The minimum Gasteiger partial charge on any atom is -0.450 e. The predicted molar refractivity (Wildman–Crippen MR) is 148 cm³/mol. The number of benzene rings is 3. The molecule has 0 atom stereocenters. The van der Waals surface area contributed by atoms with Gasteiger partial charge < -0.3 is 14.3 Å². The van der Waals surface area contributed by atoms with Crippen LogP contribution in [0.1, 0.15) is 21.7 Å². The van der Waals surface area contributed by atoms with Crippen molar-refractivity contribution in [2.45, 2.75) is 13.5 Å². The highest BCUT2D eigenvalue weighted by Gasteiger charge is 2.15. The molecule has 0 fully saturated rings. The second-order valence-corrected chi connectivity index (χ2v) is 10.0. The van der Waals surface area contributed by atoms with Crippen LogP contribution in [0.15, 0.2) is 91.4 Å². The van der Waals surface area contributed by atoms with Crippen molar-refractivity contribution >= 4 is 77.4 Å². The van der Waals surface area contributed by atoms with Crippen LogP contribution in [0.4, 0.5) is 5.69 Å². The highest BCUT2D eigenvalue weighted by atomic mass is 79.9. The Labute approximate surface area is 223 Å². The van der Waals surface area contributed by atoms with Gasteiger partial charge in [-0.05, 0) is 64.8 Å². The van der Waals surface area contributed by atoms with E-state index >= 15 is 0 Å². The molecule has 0 aliphatic heterocycles. The van der Waals surface area contributed by atoms with Gasteiger partial charge in [-0.1, -0.05) is 46.3 Å². The molecule has 2 amide bonds. The summed E-state index contributed by atoms with van der Waals surface area (Å²) in [6, 6.07) is 20.8. The first-order chi connectivity index (χ1) is 17.4. The number of nitrogens with zero attached hydrogens (tertiary/aromatic N) is 2. The monoisotopic (exact) mass is 606 g/mol. The first kappa shape index (κ1) is 24.0. The summed E-state index contributed by atoms with van der Waals surface area (Å²) in [5, 5.41) is 8.76. The van der Waals surface area contributed by atoms with E-state index in [1.165, 1.54) is 0 Å². The predicted octanol–water partition coefficient (Wildman–Crippen LogP) is 6.62. The molecular weight excluding hydrogens is 588 g/mol. The van der Waals surface area contributed by atoms with Crippen molar-refractivity contribution in [3.05, 3.63) is 98.8 Å². The minimum absolute atomic E-state index is 0.137. The van der Waals surface area contributed by atoms with Crippen LogP contribution in [0.25, 0.3) is 21.9 Å². The molecule has 0 saturated heterocycles. The van der Waals surface area contributed by atoms with E-state index in [0.29, 0.717) is 5.58 Å². The lowest BCUT2D eigenvalue weighted by Crippen LogP contribution is -2.18. The number of carbonyl (C=O) groups excluding carboxylic acids is 2. The Kier molecular flexibility index (Phi) is 6.75. The van der Waals surface area contributed by atoms with Crippen LogP contribution in [0.5, 0.6) is 0 Å². The molecule has 0 radical (unpaired) electrons. The van der Waals surface area contributed by atoms with Gasteiger partial charge in [-0.3, -0.25) is 9.59 Å². The molecule has 36 heavy (non-hydrogen) atoms. The van der Waals surface area contributed by atoms with Crippen LogP contribution in [0, 0.1) is 6.92 Å². The number of rotatable bonds is 6. The van der Waals surface area contributed by atoms with Crippen LogP contribution in [0.3, 0.4) is 0 Å². The third-order valence-electron chi connectivity index (χ3n) is 5.56. The number of carbonyl (C=O) groups is 2. The number of nitrogens with one attached hydrogen (secondary N) is 2. The number of para-hydroxylation sites is 1. The van der Waals surface area contributed by atoms with Gasteiger partial charge in [0.25, 0.3) is 0 Å². The van der Waals surface area contributed by atoms with Crippen LogP contribution in [-0.2, 0) is 11.3 Å². The average molecular weight is 608 g/mol. The summed E-state index contributed by atoms with van der Waals surface area (Å²) in [4.78, 5) is 25.3. The number of fused-ring (bicyclic) bond motifs is 2. The van der Waals surface area contributed by atoms with Crippen molar-refractivity contribution in [2.24, 2.45) is 5.10 Å². The van der Waals surface area contributed by atoms with Gasteiger partial charge in [-0.25, -0.2) is 5.43 Å². The molecule has 5 aromatic rings. The smallest absolute Gasteiger partial charge is 0.307 e. The standard InChI is InChI=1S/C27H20Br2N4O3/c1-16-5-4-6-20(9-16)31-25(34)15-33-14-18(21-7-2-3-8-23(21)33)13-30-32-27(35)24-11-17-10-19(28)12-22(29)26(17)36-24/h2-14H,15H2,1H3,(H,31,34)(H,32,35)/b30-13-. The number of halogens is 2. The van der Waals surface area contributed by atoms with Crippen molar-refractivity contribution in [2.75, 3.05) is 5.32 Å². The summed E-state index contributed by atoms with van der Waals surface area (Å²) >= 11 is 6.87. The number of hydrogen-bond acceptors (Lipinski definition) is 4. The van der Waals surface area contributed by atoms with Gasteiger partial charge in [0.15, 0.2) is 5.76 Å². The zero-order valence-corrected chi connectivity index (χ0v) is 22.3. The second kappa shape index (κ2) is 10.1. The summed E-state index contributed by atoms with van der Waals surface area (Å²) < 4.78 is 9.17. The van der Waals surface area contributed by atoms with Crippen LogP contribution >= 0.6 is 31.9 Å². The molecule has 2 aromatic heterocycles. The molecule has 0 aliphatic rings. The van der Waals surface area contributed by atoms with Crippen molar-refractivity contribution in [1.82, 2.24) is 9.99 Å². The normalized spacial score (nSPS) is 11.4. The Morgan fingerprint density at radius 1 is 1.06 bits per heavy atom. The van der Waals surface area contributed by atoms with Gasteiger partial charge in [0.05, 0.1) is 10.7 Å². The van der Waals surface area contributed by atoms with Crippen molar-refractivity contribution in [3.8, 4) is 0 Å². The van der Waals surface area contributed by atoms with Crippen molar-refractivity contribution in [3.63, 3.8) is 0 Å². The zero-order chi connectivity index (χ0) is 25.2. The second-order valence-electron chi connectivity index (χ2n) is 8.26. The van der Waals surface area contributed by atoms with E-state index in [0.717, 1.165) is 42.0 Å². The summed E-state index contributed by atoms with van der Waals surface area (Å²) in [5.41, 5.74) is 6.58.